The first-order chi connectivity index (χ1) is 7.58. The summed E-state index contributed by atoms with van der Waals surface area (Å²) >= 11 is 2.50. The lowest BCUT2D eigenvalue weighted by atomic mass is 10.3. The number of hydrogen-bond acceptors (Lipinski definition) is 6. The normalized spacial score (nSPS) is 24.5. The van der Waals surface area contributed by atoms with E-state index in [2.05, 4.69) is 5.32 Å². The van der Waals surface area contributed by atoms with Gasteiger partial charge in [0.05, 0.1) is 10.3 Å². The molecule has 8 heteroatoms. The Kier molecular flexibility index (Phi) is 3.13. The highest BCUT2D eigenvalue weighted by atomic mass is 32.2. The van der Waals surface area contributed by atoms with Gasteiger partial charge in [0.15, 0.2) is 0 Å². The fraction of sp³-hybridized carbons (Fsp3) is 0.375. The third-order valence-corrected chi connectivity index (χ3v) is 4.33. The van der Waals surface area contributed by atoms with Gasteiger partial charge in [-0.15, -0.1) is 11.8 Å². The molecule has 6 nitrogen and oxygen atoms in total. The number of rotatable bonds is 3. The molecular formula is C8H8N2O4S2. The Bertz CT molecular complexity index is 433. The van der Waals surface area contributed by atoms with Gasteiger partial charge in [0.25, 0.3) is 0 Å². The van der Waals surface area contributed by atoms with E-state index in [0.717, 1.165) is 16.9 Å². The van der Waals surface area contributed by atoms with Crippen LogP contribution in [0.4, 0.5) is 5.00 Å². The van der Waals surface area contributed by atoms with Gasteiger partial charge in [0, 0.05) is 17.2 Å². The van der Waals surface area contributed by atoms with Gasteiger partial charge in [-0.05, 0) is 5.56 Å². The van der Waals surface area contributed by atoms with E-state index in [9.17, 15) is 14.9 Å². The van der Waals surface area contributed by atoms with E-state index in [1.165, 1.54) is 17.8 Å². The SMILES string of the molecule is O=C(O)[C@@H]1CSC(c2csc([N+](=O)[O-])c2)N1. The van der Waals surface area contributed by atoms with E-state index in [1.54, 1.807) is 5.38 Å². The lowest BCUT2D eigenvalue weighted by molar-refractivity contribution is -0.380. The molecule has 0 saturated carbocycles. The molecule has 1 aliphatic heterocycles. The lowest BCUT2D eigenvalue weighted by Gasteiger charge is -2.07. The van der Waals surface area contributed by atoms with Gasteiger partial charge in [-0.1, -0.05) is 11.3 Å². The average Bonchev–Trinajstić information content (AvgIpc) is 2.86. The molecule has 0 aromatic carbocycles. The van der Waals surface area contributed by atoms with Crippen LogP contribution in [0.15, 0.2) is 11.4 Å². The standard InChI is InChI=1S/C8H8N2O4S2/c11-8(12)5-3-16-7(9-5)4-1-6(10(13)14)15-2-4/h1-2,5,7,9H,3H2,(H,11,12)/t5-,7?/m0/s1. The van der Waals surface area contributed by atoms with Crippen molar-refractivity contribution in [1.29, 1.82) is 0 Å². The molecule has 16 heavy (non-hydrogen) atoms. The zero-order valence-corrected chi connectivity index (χ0v) is 9.59. The quantitative estimate of drug-likeness (QED) is 0.631. The Hall–Kier alpha value is -1.12. The molecule has 1 aromatic heterocycles. The van der Waals surface area contributed by atoms with Crippen LogP contribution in [0, 0.1) is 10.1 Å². The number of carbonyl (C=O) groups is 1. The zero-order valence-electron chi connectivity index (χ0n) is 7.95. The molecule has 0 amide bonds. The van der Waals surface area contributed by atoms with Crippen LogP contribution in [0.1, 0.15) is 10.9 Å². The third kappa shape index (κ3) is 2.18. The number of thiophene rings is 1. The van der Waals surface area contributed by atoms with Crippen molar-refractivity contribution in [1.82, 2.24) is 5.32 Å². The Balaban J connectivity index is 2.08. The van der Waals surface area contributed by atoms with E-state index < -0.39 is 16.9 Å². The monoisotopic (exact) mass is 260 g/mol. The maximum Gasteiger partial charge on any atom is 0.324 e. The zero-order chi connectivity index (χ0) is 11.7. The topological polar surface area (TPSA) is 92.5 Å². The van der Waals surface area contributed by atoms with Crippen molar-refractivity contribution < 1.29 is 14.8 Å². The summed E-state index contributed by atoms with van der Waals surface area (Å²) in [6.45, 7) is 0. The molecule has 2 N–H and O–H groups in total. The van der Waals surface area contributed by atoms with Crippen molar-refractivity contribution in [3.05, 3.63) is 27.1 Å². The van der Waals surface area contributed by atoms with Crippen LogP contribution in [-0.2, 0) is 4.79 Å². The van der Waals surface area contributed by atoms with Gasteiger partial charge in [0.1, 0.15) is 6.04 Å². The summed E-state index contributed by atoms with van der Waals surface area (Å²) < 4.78 is 0. The molecule has 1 aliphatic rings. The molecule has 1 unspecified atom stereocenters. The third-order valence-electron chi connectivity index (χ3n) is 2.17. The minimum atomic E-state index is -0.889. The van der Waals surface area contributed by atoms with Crippen LogP contribution in [0.25, 0.3) is 0 Å². The van der Waals surface area contributed by atoms with Crippen molar-refractivity contribution in [2.24, 2.45) is 0 Å². The maximum atomic E-state index is 10.7. The van der Waals surface area contributed by atoms with Gasteiger partial charge in [-0.3, -0.25) is 20.2 Å². The van der Waals surface area contributed by atoms with Crippen LogP contribution >= 0.6 is 23.1 Å². The highest BCUT2D eigenvalue weighted by Gasteiger charge is 2.31. The molecule has 0 radical (unpaired) electrons. The summed E-state index contributed by atoms with van der Waals surface area (Å²) in [6.07, 6.45) is 0. The molecule has 1 aromatic rings. The molecule has 2 rings (SSSR count). The van der Waals surface area contributed by atoms with Crippen molar-refractivity contribution in [3.63, 3.8) is 0 Å². The van der Waals surface area contributed by atoms with Gasteiger partial charge < -0.3 is 5.11 Å². The Morgan fingerprint density at radius 3 is 2.94 bits per heavy atom. The molecule has 1 fully saturated rings. The Labute approximate surface area is 98.8 Å². The Morgan fingerprint density at radius 1 is 1.69 bits per heavy atom. The number of hydrogen-bond donors (Lipinski definition) is 2. The number of thioether (sulfide) groups is 1. The molecule has 2 heterocycles. The molecule has 0 spiro atoms. The number of nitro groups is 1. The summed E-state index contributed by atoms with van der Waals surface area (Å²) in [4.78, 5) is 20.8. The van der Waals surface area contributed by atoms with Crippen LogP contribution in [0.5, 0.6) is 0 Å². The smallest absolute Gasteiger partial charge is 0.324 e. The fourth-order valence-electron chi connectivity index (χ4n) is 1.38. The highest BCUT2D eigenvalue weighted by molar-refractivity contribution is 7.99. The second-order valence-corrected chi connectivity index (χ2v) is 5.27. The first-order valence-corrected chi connectivity index (χ1v) is 6.34. The van der Waals surface area contributed by atoms with Gasteiger partial charge in [-0.25, -0.2) is 0 Å². The van der Waals surface area contributed by atoms with Crippen molar-refractivity contribution in [3.8, 4) is 0 Å². The lowest BCUT2D eigenvalue weighted by Crippen LogP contribution is -2.33. The minimum Gasteiger partial charge on any atom is -0.480 e. The summed E-state index contributed by atoms with van der Waals surface area (Å²) in [5.41, 5.74) is 0.769. The van der Waals surface area contributed by atoms with E-state index in [0.29, 0.717) is 5.75 Å². The van der Waals surface area contributed by atoms with Crippen molar-refractivity contribution >= 4 is 34.1 Å². The molecule has 86 valence electrons. The number of carboxylic acids is 1. The summed E-state index contributed by atoms with van der Waals surface area (Å²) in [5, 5.41) is 23.8. The number of nitrogens with one attached hydrogen (secondary N) is 1. The fourth-order valence-corrected chi connectivity index (χ4v) is 3.43. The molecular weight excluding hydrogens is 252 g/mol. The summed E-state index contributed by atoms with van der Waals surface area (Å²) in [6, 6.07) is 0.911. The first kappa shape index (κ1) is 11.4. The van der Waals surface area contributed by atoms with Gasteiger partial charge in [0.2, 0.25) is 0 Å². The molecule has 0 bridgehead atoms. The number of aliphatic carboxylic acids is 1. The van der Waals surface area contributed by atoms with Crippen LogP contribution < -0.4 is 5.32 Å². The van der Waals surface area contributed by atoms with E-state index >= 15 is 0 Å². The Morgan fingerprint density at radius 2 is 2.44 bits per heavy atom. The van der Waals surface area contributed by atoms with Crippen molar-refractivity contribution in [2.75, 3.05) is 5.75 Å². The van der Waals surface area contributed by atoms with Crippen LogP contribution in [-0.4, -0.2) is 27.8 Å². The van der Waals surface area contributed by atoms with Crippen LogP contribution in [0.3, 0.4) is 0 Å². The predicted molar refractivity (Wildman–Crippen MR) is 60.7 cm³/mol. The van der Waals surface area contributed by atoms with E-state index in [1.807, 2.05) is 0 Å². The van der Waals surface area contributed by atoms with Gasteiger partial charge >= 0.3 is 11.0 Å². The molecule has 1 saturated heterocycles. The van der Waals surface area contributed by atoms with Crippen LogP contribution in [0.2, 0.25) is 0 Å². The first-order valence-electron chi connectivity index (χ1n) is 4.41. The second-order valence-electron chi connectivity index (χ2n) is 3.25. The second kappa shape index (κ2) is 4.40. The van der Waals surface area contributed by atoms with Gasteiger partial charge in [-0.2, -0.15) is 0 Å². The summed E-state index contributed by atoms with van der Waals surface area (Å²) in [7, 11) is 0. The highest BCUT2D eigenvalue weighted by Crippen LogP contribution is 2.36. The summed E-state index contributed by atoms with van der Waals surface area (Å²) in [5.74, 6) is -0.413. The average molecular weight is 260 g/mol. The predicted octanol–water partition coefficient (Wildman–Crippen LogP) is 1.44. The van der Waals surface area contributed by atoms with E-state index in [-0.39, 0.29) is 10.4 Å². The maximum absolute atomic E-state index is 10.7. The van der Waals surface area contributed by atoms with E-state index in [4.69, 9.17) is 5.11 Å². The molecule has 0 aliphatic carbocycles. The van der Waals surface area contributed by atoms with Crippen molar-refractivity contribution in [2.45, 2.75) is 11.4 Å². The largest absolute Gasteiger partial charge is 0.480 e. The number of carboxylic acid groups (broad SMARTS) is 1. The molecule has 2 atom stereocenters. The number of nitrogens with zero attached hydrogens (tertiary/aromatic N) is 1. The minimum absolute atomic E-state index is 0.0798.